The predicted octanol–water partition coefficient (Wildman–Crippen LogP) is 4.00. The Kier molecular flexibility index (Phi) is 4.28. The average Bonchev–Trinajstić information content (AvgIpc) is 2.27. The van der Waals surface area contributed by atoms with Crippen LogP contribution in [0.2, 0.25) is 0 Å². The summed E-state index contributed by atoms with van der Waals surface area (Å²) in [5, 5.41) is 17.4. The Balaban J connectivity index is 3.31. The number of rotatable bonds is 2. The highest BCUT2D eigenvalue weighted by Crippen LogP contribution is 2.25. The van der Waals surface area contributed by atoms with Crippen LogP contribution in [-0.2, 0) is 0 Å². The summed E-state index contributed by atoms with van der Waals surface area (Å²) in [7, 11) is 0. The van der Waals surface area contributed by atoms with E-state index < -0.39 is 0 Å². The molecule has 0 spiro atoms. The van der Waals surface area contributed by atoms with Crippen LogP contribution in [0.1, 0.15) is 30.9 Å². The van der Waals surface area contributed by atoms with E-state index in [-0.39, 0.29) is 5.57 Å². The third-order valence-corrected chi connectivity index (χ3v) is 2.70. The second-order valence-electron chi connectivity index (χ2n) is 3.71. The van der Waals surface area contributed by atoms with Gasteiger partial charge in [-0.1, -0.05) is 35.8 Å². The molecule has 0 radical (unpaired) electrons. The molecule has 1 aromatic carbocycles. The van der Waals surface area contributed by atoms with Crippen molar-refractivity contribution in [2.24, 2.45) is 0 Å². The molecule has 0 N–H and O–H groups in total. The Morgan fingerprint density at radius 2 is 1.94 bits per heavy atom. The maximum atomic E-state index is 8.72. The van der Waals surface area contributed by atoms with Gasteiger partial charge in [0.05, 0.1) is 0 Å². The monoisotopic (exact) mass is 274 g/mol. The van der Waals surface area contributed by atoms with Crippen molar-refractivity contribution in [3.05, 3.63) is 39.4 Å². The summed E-state index contributed by atoms with van der Waals surface area (Å²) in [4.78, 5) is 0. The van der Waals surface area contributed by atoms with Crippen molar-refractivity contribution < 1.29 is 0 Å². The maximum absolute atomic E-state index is 8.72. The van der Waals surface area contributed by atoms with Gasteiger partial charge in [-0.05, 0) is 35.3 Å². The van der Waals surface area contributed by atoms with Gasteiger partial charge in [0.25, 0.3) is 0 Å². The van der Waals surface area contributed by atoms with Crippen LogP contribution in [0.25, 0.3) is 6.08 Å². The van der Waals surface area contributed by atoms with Gasteiger partial charge >= 0.3 is 0 Å². The van der Waals surface area contributed by atoms with Crippen molar-refractivity contribution in [3.63, 3.8) is 0 Å². The number of nitrogens with zero attached hydrogens (tertiary/aromatic N) is 2. The summed E-state index contributed by atoms with van der Waals surface area (Å²) in [5.74, 6) is 0.349. The molecule has 0 aromatic heterocycles. The molecule has 0 unspecified atom stereocenters. The molecule has 0 atom stereocenters. The molecule has 1 rings (SSSR count). The van der Waals surface area contributed by atoms with Crippen molar-refractivity contribution in [1.82, 2.24) is 0 Å². The lowest BCUT2D eigenvalue weighted by molar-refractivity contribution is 0.863. The van der Waals surface area contributed by atoms with Crippen LogP contribution in [0.4, 0.5) is 0 Å². The van der Waals surface area contributed by atoms with Crippen LogP contribution >= 0.6 is 15.9 Å². The van der Waals surface area contributed by atoms with Gasteiger partial charge < -0.3 is 0 Å². The first-order valence-corrected chi connectivity index (χ1v) is 5.69. The van der Waals surface area contributed by atoms with E-state index in [4.69, 9.17) is 10.5 Å². The number of allylic oxidation sites excluding steroid dienone is 1. The second-order valence-corrected chi connectivity index (χ2v) is 4.63. The molecule has 0 aliphatic rings. The SMILES string of the molecule is CC(C)c1cc(Br)ccc1C=C(C#N)C#N. The van der Waals surface area contributed by atoms with E-state index in [2.05, 4.69) is 29.8 Å². The third-order valence-electron chi connectivity index (χ3n) is 2.21. The highest BCUT2D eigenvalue weighted by Gasteiger charge is 2.06. The second kappa shape index (κ2) is 5.49. The van der Waals surface area contributed by atoms with Gasteiger partial charge in [0.2, 0.25) is 0 Å². The molecule has 0 heterocycles. The number of nitriles is 2. The Morgan fingerprint density at radius 1 is 1.31 bits per heavy atom. The number of hydrogen-bond donors (Lipinski definition) is 0. The molecule has 16 heavy (non-hydrogen) atoms. The van der Waals surface area contributed by atoms with Crippen molar-refractivity contribution in [2.45, 2.75) is 19.8 Å². The quantitative estimate of drug-likeness (QED) is 0.766. The highest BCUT2D eigenvalue weighted by atomic mass is 79.9. The smallest absolute Gasteiger partial charge is 0.130 e. The van der Waals surface area contributed by atoms with Gasteiger partial charge in [0, 0.05) is 4.47 Å². The summed E-state index contributed by atoms with van der Waals surface area (Å²) < 4.78 is 1.00. The van der Waals surface area contributed by atoms with Gasteiger partial charge in [0.1, 0.15) is 17.7 Å². The molecule has 2 nitrogen and oxygen atoms in total. The predicted molar refractivity (Wildman–Crippen MR) is 67.4 cm³/mol. The first kappa shape index (κ1) is 12.5. The van der Waals surface area contributed by atoms with Gasteiger partial charge in [-0.15, -0.1) is 0 Å². The van der Waals surface area contributed by atoms with Gasteiger partial charge in [-0.2, -0.15) is 10.5 Å². The molecule has 80 valence electrons. The standard InChI is InChI=1S/C13H11BrN2/c1-9(2)13-6-12(14)4-3-11(13)5-10(7-15)8-16/h3-6,9H,1-2H3. The molecule has 3 heteroatoms. The zero-order chi connectivity index (χ0) is 12.1. The van der Waals surface area contributed by atoms with Gasteiger partial charge in [0.15, 0.2) is 0 Å². The fraction of sp³-hybridized carbons (Fsp3) is 0.231. The summed E-state index contributed by atoms with van der Waals surface area (Å²) in [5.41, 5.74) is 2.18. The molecule has 0 aliphatic carbocycles. The van der Waals surface area contributed by atoms with Crippen LogP contribution in [0, 0.1) is 22.7 Å². The minimum atomic E-state index is 0.129. The molecular weight excluding hydrogens is 264 g/mol. The third kappa shape index (κ3) is 2.95. The number of halogens is 1. The summed E-state index contributed by atoms with van der Waals surface area (Å²) in [6.45, 7) is 4.16. The molecule has 1 aromatic rings. The Labute approximate surface area is 104 Å². The fourth-order valence-electron chi connectivity index (χ4n) is 1.42. The van der Waals surface area contributed by atoms with E-state index in [0.717, 1.165) is 15.6 Å². The lowest BCUT2D eigenvalue weighted by Gasteiger charge is -2.10. The molecule has 0 bridgehead atoms. The fourth-order valence-corrected chi connectivity index (χ4v) is 1.80. The first-order chi connectivity index (χ1) is 7.58. The molecule has 0 fully saturated rings. The van der Waals surface area contributed by atoms with Crippen molar-refractivity contribution in [1.29, 1.82) is 10.5 Å². The largest absolute Gasteiger partial charge is 0.192 e. The van der Waals surface area contributed by atoms with Gasteiger partial charge in [-0.25, -0.2) is 0 Å². The Bertz CT molecular complexity index is 486. The first-order valence-electron chi connectivity index (χ1n) is 4.89. The average molecular weight is 275 g/mol. The zero-order valence-corrected chi connectivity index (χ0v) is 10.7. The van der Waals surface area contributed by atoms with Crippen LogP contribution < -0.4 is 0 Å². The minimum absolute atomic E-state index is 0.129. The van der Waals surface area contributed by atoms with Crippen molar-refractivity contribution in [3.8, 4) is 12.1 Å². The van der Waals surface area contributed by atoms with Crippen LogP contribution in [0.15, 0.2) is 28.2 Å². The topological polar surface area (TPSA) is 47.6 Å². The van der Waals surface area contributed by atoms with Crippen LogP contribution in [-0.4, -0.2) is 0 Å². The minimum Gasteiger partial charge on any atom is -0.192 e. The lowest BCUT2D eigenvalue weighted by Crippen LogP contribution is -1.92. The van der Waals surface area contributed by atoms with Crippen LogP contribution in [0.3, 0.4) is 0 Å². The van der Waals surface area contributed by atoms with E-state index in [1.54, 1.807) is 6.08 Å². The number of hydrogen-bond acceptors (Lipinski definition) is 2. The van der Waals surface area contributed by atoms with E-state index in [1.807, 2.05) is 30.3 Å². The summed E-state index contributed by atoms with van der Waals surface area (Å²) in [6, 6.07) is 9.57. The van der Waals surface area contributed by atoms with Crippen molar-refractivity contribution >= 4 is 22.0 Å². The van der Waals surface area contributed by atoms with E-state index in [0.29, 0.717) is 5.92 Å². The molecular formula is C13H11BrN2. The lowest BCUT2D eigenvalue weighted by atomic mass is 9.96. The van der Waals surface area contributed by atoms with Crippen molar-refractivity contribution in [2.75, 3.05) is 0 Å². The normalized spacial score (nSPS) is 9.38. The van der Waals surface area contributed by atoms with Crippen LogP contribution in [0.5, 0.6) is 0 Å². The molecule has 0 aliphatic heterocycles. The number of benzene rings is 1. The molecule has 0 amide bonds. The van der Waals surface area contributed by atoms with E-state index in [1.165, 1.54) is 0 Å². The summed E-state index contributed by atoms with van der Waals surface area (Å²) >= 11 is 3.41. The molecule has 0 saturated heterocycles. The summed E-state index contributed by atoms with van der Waals surface area (Å²) in [6.07, 6.45) is 1.63. The Hall–Kier alpha value is -1.58. The molecule has 0 saturated carbocycles. The Morgan fingerprint density at radius 3 is 2.44 bits per heavy atom. The zero-order valence-electron chi connectivity index (χ0n) is 9.16. The maximum Gasteiger partial charge on any atom is 0.130 e. The van der Waals surface area contributed by atoms with E-state index >= 15 is 0 Å². The van der Waals surface area contributed by atoms with E-state index in [9.17, 15) is 0 Å². The van der Waals surface area contributed by atoms with Gasteiger partial charge in [-0.3, -0.25) is 0 Å². The highest BCUT2D eigenvalue weighted by molar-refractivity contribution is 9.10.